The molecule has 0 aliphatic carbocycles. The lowest BCUT2D eigenvalue weighted by Crippen LogP contribution is -2.27. The number of aliphatic imine (C=N–C) groups is 1. The maximum atomic E-state index is 5.63. The first kappa shape index (κ1) is 10.6. The molecule has 0 atom stereocenters. The average molecular weight is 192 g/mol. The molecule has 0 unspecified atom stereocenters. The lowest BCUT2D eigenvalue weighted by molar-refractivity contribution is 0.522. The van der Waals surface area contributed by atoms with Gasteiger partial charge in [-0.15, -0.1) is 0 Å². The Kier molecular flexibility index (Phi) is 4.02. The predicted octanol–water partition coefficient (Wildman–Crippen LogP) is -0.127. The molecular formula is C10H16N4. The van der Waals surface area contributed by atoms with Gasteiger partial charge in [-0.05, 0) is 12.8 Å². The molecule has 0 aromatic carbocycles. The molecule has 1 saturated heterocycles. The number of rotatable bonds is 2. The molecule has 1 rings (SSSR count). The molecule has 1 heterocycles. The SMILES string of the molecule is C#CN=C(/C=C(/N)CN)N1CCCC1. The minimum atomic E-state index is 0.331. The molecule has 4 nitrogen and oxygen atoms in total. The first-order valence-electron chi connectivity index (χ1n) is 4.72. The molecule has 1 aliphatic heterocycles. The monoisotopic (exact) mass is 192 g/mol. The summed E-state index contributed by atoms with van der Waals surface area (Å²) in [4.78, 5) is 6.08. The maximum Gasteiger partial charge on any atom is 0.140 e. The Hall–Kier alpha value is -1.47. The molecule has 0 bridgehead atoms. The third-order valence-corrected chi connectivity index (χ3v) is 2.16. The Morgan fingerprint density at radius 1 is 1.50 bits per heavy atom. The molecule has 1 fully saturated rings. The Bertz CT molecular complexity index is 279. The van der Waals surface area contributed by atoms with E-state index in [1.54, 1.807) is 6.08 Å². The smallest absolute Gasteiger partial charge is 0.140 e. The van der Waals surface area contributed by atoms with Crippen LogP contribution in [-0.4, -0.2) is 30.4 Å². The van der Waals surface area contributed by atoms with Crippen molar-refractivity contribution in [3.05, 3.63) is 11.8 Å². The van der Waals surface area contributed by atoms with Crippen LogP contribution in [0.25, 0.3) is 0 Å². The van der Waals surface area contributed by atoms with Crippen molar-refractivity contribution < 1.29 is 0 Å². The fourth-order valence-electron chi connectivity index (χ4n) is 1.43. The van der Waals surface area contributed by atoms with Gasteiger partial charge >= 0.3 is 0 Å². The third-order valence-electron chi connectivity index (χ3n) is 2.16. The highest BCUT2D eigenvalue weighted by atomic mass is 15.2. The van der Waals surface area contributed by atoms with Crippen molar-refractivity contribution in [1.29, 1.82) is 0 Å². The zero-order valence-corrected chi connectivity index (χ0v) is 8.24. The highest BCUT2D eigenvalue weighted by Gasteiger charge is 2.14. The van der Waals surface area contributed by atoms with E-state index in [-0.39, 0.29) is 0 Å². The fraction of sp³-hybridized carbons (Fsp3) is 0.500. The van der Waals surface area contributed by atoms with Crippen LogP contribution in [0.2, 0.25) is 0 Å². The molecule has 4 heteroatoms. The van der Waals surface area contributed by atoms with Gasteiger partial charge in [-0.2, -0.15) is 4.99 Å². The maximum absolute atomic E-state index is 5.63. The van der Waals surface area contributed by atoms with Crippen molar-refractivity contribution in [1.82, 2.24) is 4.90 Å². The summed E-state index contributed by atoms with van der Waals surface area (Å²) in [6.45, 7) is 2.32. The number of terminal acetylenes is 1. The second kappa shape index (κ2) is 5.30. The van der Waals surface area contributed by atoms with E-state index in [1.807, 2.05) is 0 Å². The predicted molar refractivity (Wildman–Crippen MR) is 58.4 cm³/mol. The van der Waals surface area contributed by atoms with Gasteiger partial charge in [0.2, 0.25) is 0 Å². The molecule has 0 aromatic rings. The van der Waals surface area contributed by atoms with E-state index in [4.69, 9.17) is 17.9 Å². The van der Waals surface area contributed by atoms with E-state index in [0.29, 0.717) is 12.2 Å². The Labute approximate surface area is 84.7 Å². The van der Waals surface area contributed by atoms with E-state index in [9.17, 15) is 0 Å². The summed E-state index contributed by atoms with van der Waals surface area (Å²) in [5, 5.41) is 0. The molecule has 0 amide bonds. The van der Waals surface area contributed by atoms with Crippen LogP contribution in [0.1, 0.15) is 12.8 Å². The van der Waals surface area contributed by atoms with Crippen LogP contribution >= 0.6 is 0 Å². The Morgan fingerprint density at radius 3 is 2.64 bits per heavy atom. The second-order valence-electron chi connectivity index (χ2n) is 3.22. The molecule has 1 aliphatic rings. The van der Waals surface area contributed by atoms with E-state index >= 15 is 0 Å². The quantitative estimate of drug-likeness (QED) is 0.364. The molecular weight excluding hydrogens is 176 g/mol. The van der Waals surface area contributed by atoms with E-state index < -0.39 is 0 Å². The summed E-state index contributed by atoms with van der Waals surface area (Å²) in [5.74, 6) is 0.757. The minimum absolute atomic E-state index is 0.331. The van der Waals surface area contributed by atoms with Gasteiger partial charge in [-0.25, -0.2) is 0 Å². The van der Waals surface area contributed by atoms with Crippen LogP contribution < -0.4 is 11.5 Å². The Balaban J connectivity index is 2.75. The average Bonchev–Trinajstić information content (AvgIpc) is 2.69. The Morgan fingerprint density at radius 2 is 2.14 bits per heavy atom. The number of nitrogens with zero attached hydrogens (tertiary/aromatic N) is 2. The number of nitrogens with two attached hydrogens (primary N) is 2. The highest BCUT2D eigenvalue weighted by molar-refractivity contribution is 5.94. The van der Waals surface area contributed by atoms with Gasteiger partial charge in [-0.1, -0.05) is 6.42 Å². The van der Waals surface area contributed by atoms with Crippen molar-refractivity contribution in [3.8, 4) is 12.5 Å². The lowest BCUT2D eigenvalue weighted by atomic mass is 10.3. The normalized spacial score (nSPS) is 18.4. The van der Waals surface area contributed by atoms with Gasteiger partial charge in [-0.3, -0.25) is 0 Å². The summed E-state index contributed by atoms with van der Waals surface area (Å²) >= 11 is 0. The van der Waals surface area contributed by atoms with Gasteiger partial charge in [0.15, 0.2) is 0 Å². The topological polar surface area (TPSA) is 67.6 Å². The number of hydrogen-bond acceptors (Lipinski definition) is 3. The summed E-state index contributed by atoms with van der Waals surface area (Å²) in [7, 11) is 0. The van der Waals surface area contributed by atoms with Crippen LogP contribution in [0.4, 0.5) is 0 Å². The summed E-state index contributed by atoms with van der Waals surface area (Å²) < 4.78 is 0. The van der Waals surface area contributed by atoms with Crippen molar-refractivity contribution in [3.63, 3.8) is 0 Å². The zero-order valence-electron chi connectivity index (χ0n) is 8.24. The van der Waals surface area contributed by atoms with Crippen molar-refractivity contribution in [2.45, 2.75) is 12.8 Å². The molecule has 4 N–H and O–H groups in total. The number of hydrogen-bond donors (Lipinski definition) is 2. The molecule has 0 aromatic heterocycles. The number of likely N-dealkylation sites (tertiary alicyclic amines) is 1. The molecule has 0 radical (unpaired) electrons. The van der Waals surface area contributed by atoms with Crippen LogP contribution in [-0.2, 0) is 0 Å². The van der Waals surface area contributed by atoms with Crippen molar-refractivity contribution in [2.75, 3.05) is 19.6 Å². The summed E-state index contributed by atoms with van der Waals surface area (Å²) in [5.41, 5.74) is 11.6. The van der Waals surface area contributed by atoms with Gasteiger partial charge < -0.3 is 16.4 Å². The van der Waals surface area contributed by atoms with Crippen LogP contribution in [0.5, 0.6) is 0 Å². The standard InChI is InChI=1S/C10H16N4/c1-2-13-10(7-9(12)8-11)14-5-3-4-6-14/h1,7H,3-6,8,11-12H2/b9-7+,13-10?. The number of amidine groups is 1. The molecule has 0 saturated carbocycles. The van der Waals surface area contributed by atoms with Gasteiger partial charge in [0.05, 0.1) is 0 Å². The van der Waals surface area contributed by atoms with Crippen LogP contribution in [0.3, 0.4) is 0 Å². The second-order valence-corrected chi connectivity index (χ2v) is 3.22. The summed E-state index contributed by atoms with van der Waals surface area (Å²) in [6, 6.07) is 2.28. The lowest BCUT2D eigenvalue weighted by Gasteiger charge is -2.16. The molecule has 76 valence electrons. The first-order valence-corrected chi connectivity index (χ1v) is 4.72. The fourth-order valence-corrected chi connectivity index (χ4v) is 1.43. The summed E-state index contributed by atoms with van der Waals surface area (Å²) in [6.07, 6.45) is 9.26. The van der Waals surface area contributed by atoms with Gasteiger partial charge in [0.25, 0.3) is 0 Å². The molecule has 14 heavy (non-hydrogen) atoms. The van der Waals surface area contributed by atoms with E-state index in [2.05, 4.69) is 15.9 Å². The van der Waals surface area contributed by atoms with E-state index in [0.717, 1.165) is 18.9 Å². The highest BCUT2D eigenvalue weighted by Crippen LogP contribution is 2.09. The van der Waals surface area contributed by atoms with Crippen LogP contribution in [0, 0.1) is 12.5 Å². The zero-order chi connectivity index (χ0) is 10.4. The van der Waals surface area contributed by atoms with Crippen LogP contribution in [0.15, 0.2) is 16.8 Å². The van der Waals surface area contributed by atoms with Gasteiger partial charge in [0, 0.05) is 37.5 Å². The third kappa shape index (κ3) is 2.79. The minimum Gasteiger partial charge on any atom is -0.401 e. The van der Waals surface area contributed by atoms with Gasteiger partial charge in [0.1, 0.15) is 5.84 Å². The largest absolute Gasteiger partial charge is 0.401 e. The van der Waals surface area contributed by atoms with E-state index in [1.165, 1.54) is 12.8 Å². The first-order chi connectivity index (χ1) is 6.77. The molecule has 0 spiro atoms. The van der Waals surface area contributed by atoms with Crippen molar-refractivity contribution >= 4 is 5.84 Å². The van der Waals surface area contributed by atoms with Crippen molar-refractivity contribution in [2.24, 2.45) is 16.5 Å².